The van der Waals surface area contributed by atoms with Gasteiger partial charge in [-0.3, -0.25) is 0 Å². The molecular weight excluding hydrogens is 335 g/mol. The molecule has 1 aromatic carbocycles. The second-order valence-electron chi connectivity index (χ2n) is 3.86. The van der Waals surface area contributed by atoms with Crippen LogP contribution < -0.4 is 11.1 Å². The van der Waals surface area contributed by atoms with Crippen LogP contribution in [0.25, 0.3) is 0 Å². The van der Waals surface area contributed by atoms with Crippen molar-refractivity contribution in [2.45, 2.75) is 6.42 Å². The van der Waals surface area contributed by atoms with Crippen molar-refractivity contribution in [3.8, 4) is 0 Å². The van der Waals surface area contributed by atoms with Gasteiger partial charge in [-0.1, -0.05) is 17.7 Å². The molecule has 4 nitrogen and oxygen atoms in total. The summed E-state index contributed by atoms with van der Waals surface area (Å²) in [5.74, 6) is 0.422. The summed E-state index contributed by atoms with van der Waals surface area (Å²) < 4.78 is 13.5. The minimum absolute atomic E-state index is 0.125. The van der Waals surface area contributed by atoms with Crippen LogP contribution in [0, 0.1) is 5.82 Å². The van der Waals surface area contributed by atoms with E-state index in [1.165, 1.54) is 6.07 Å². The largest absolute Gasteiger partial charge is 0.370 e. The average molecular weight is 346 g/mol. The Morgan fingerprint density at radius 2 is 2.11 bits per heavy atom. The molecule has 0 bridgehead atoms. The standard InChI is InChI=1S/C12H11BrClFN4/c13-8-5-7(1-2-9(8)15)3-4-17-11-6-10(14)18-12(16)19-11/h1-2,5-6H,3-4H2,(H3,16,17,18,19). The van der Waals surface area contributed by atoms with Crippen LogP contribution in [0.15, 0.2) is 28.7 Å². The van der Waals surface area contributed by atoms with Crippen molar-refractivity contribution in [2.24, 2.45) is 0 Å². The Labute approximate surface area is 123 Å². The molecule has 2 rings (SSSR count). The van der Waals surface area contributed by atoms with Crippen molar-refractivity contribution in [3.05, 3.63) is 45.3 Å². The van der Waals surface area contributed by atoms with Crippen molar-refractivity contribution >= 4 is 39.3 Å². The number of nitrogen functional groups attached to an aromatic ring is 1. The summed E-state index contributed by atoms with van der Waals surface area (Å²) in [7, 11) is 0. The van der Waals surface area contributed by atoms with E-state index in [1.54, 1.807) is 18.2 Å². The molecule has 100 valence electrons. The van der Waals surface area contributed by atoms with E-state index in [0.29, 0.717) is 22.0 Å². The normalized spacial score (nSPS) is 10.5. The topological polar surface area (TPSA) is 63.8 Å². The number of halogens is 3. The molecule has 0 saturated carbocycles. The zero-order chi connectivity index (χ0) is 13.8. The fraction of sp³-hybridized carbons (Fsp3) is 0.167. The lowest BCUT2D eigenvalue weighted by Crippen LogP contribution is -2.08. The molecule has 0 fully saturated rings. The lowest BCUT2D eigenvalue weighted by Gasteiger charge is -2.07. The van der Waals surface area contributed by atoms with Crippen LogP contribution in [0.4, 0.5) is 16.2 Å². The van der Waals surface area contributed by atoms with E-state index in [1.807, 2.05) is 0 Å². The average Bonchev–Trinajstić information content (AvgIpc) is 2.32. The number of hydrogen-bond acceptors (Lipinski definition) is 4. The highest BCUT2D eigenvalue weighted by Crippen LogP contribution is 2.17. The molecule has 0 aliphatic carbocycles. The van der Waals surface area contributed by atoms with E-state index in [-0.39, 0.29) is 11.8 Å². The van der Waals surface area contributed by atoms with Gasteiger partial charge in [-0.15, -0.1) is 0 Å². The Kier molecular flexibility index (Phi) is 4.55. The van der Waals surface area contributed by atoms with Crippen LogP contribution in [0.2, 0.25) is 5.15 Å². The van der Waals surface area contributed by atoms with Crippen LogP contribution >= 0.6 is 27.5 Å². The molecule has 0 radical (unpaired) electrons. The van der Waals surface area contributed by atoms with Gasteiger partial charge in [0.15, 0.2) is 0 Å². The van der Waals surface area contributed by atoms with E-state index in [0.717, 1.165) is 12.0 Å². The van der Waals surface area contributed by atoms with Crippen molar-refractivity contribution in [3.63, 3.8) is 0 Å². The molecule has 2 aromatic rings. The highest BCUT2D eigenvalue weighted by atomic mass is 79.9. The van der Waals surface area contributed by atoms with E-state index < -0.39 is 0 Å². The summed E-state index contributed by atoms with van der Waals surface area (Å²) in [6, 6.07) is 6.51. The van der Waals surface area contributed by atoms with Gasteiger partial charge in [-0.05, 0) is 40.0 Å². The maximum absolute atomic E-state index is 13.1. The number of nitrogens with two attached hydrogens (primary N) is 1. The minimum Gasteiger partial charge on any atom is -0.370 e. The molecule has 0 amide bonds. The Morgan fingerprint density at radius 1 is 1.32 bits per heavy atom. The number of anilines is 2. The summed E-state index contributed by atoms with van der Waals surface area (Å²) in [5, 5.41) is 3.38. The number of hydrogen-bond donors (Lipinski definition) is 2. The van der Waals surface area contributed by atoms with Gasteiger partial charge in [-0.2, -0.15) is 4.98 Å². The first-order valence-electron chi connectivity index (χ1n) is 5.52. The maximum Gasteiger partial charge on any atom is 0.223 e. The molecule has 0 aliphatic heterocycles. The van der Waals surface area contributed by atoms with Crippen LogP contribution in [0.3, 0.4) is 0 Å². The highest BCUT2D eigenvalue weighted by molar-refractivity contribution is 9.10. The lowest BCUT2D eigenvalue weighted by atomic mass is 10.1. The second-order valence-corrected chi connectivity index (χ2v) is 5.10. The molecule has 0 spiro atoms. The lowest BCUT2D eigenvalue weighted by molar-refractivity contribution is 0.620. The summed E-state index contributed by atoms with van der Waals surface area (Å²) in [4.78, 5) is 7.76. The van der Waals surface area contributed by atoms with Crippen LogP contribution in [0.1, 0.15) is 5.56 Å². The van der Waals surface area contributed by atoms with Gasteiger partial charge in [0.25, 0.3) is 0 Å². The summed E-state index contributed by atoms with van der Waals surface area (Å²) in [6.07, 6.45) is 0.723. The first-order chi connectivity index (χ1) is 9.04. The molecule has 0 unspecified atom stereocenters. The van der Waals surface area contributed by atoms with Crippen LogP contribution in [-0.4, -0.2) is 16.5 Å². The third kappa shape index (κ3) is 4.04. The number of nitrogens with zero attached hydrogens (tertiary/aromatic N) is 2. The van der Waals surface area contributed by atoms with E-state index in [2.05, 4.69) is 31.2 Å². The van der Waals surface area contributed by atoms with E-state index in [4.69, 9.17) is 17.3 Å². The molecule has 1 aromatic heterocycles. The second kappa shape index (κ2) is 6.16. The third-order valence-electron chi connectivity index (χ3n) is 2.42. The molecule has 0 atom stereocenters. The van der Waals surface area contributed by atoms with Crippen LogP contribution in [-0.2, 0) is 6.42 Å². The van der Waals surface area contributed by atoms with Gasteiger partial charge in [0.2, 0.25) is 5.95 Å². The fourth-order valence-corrected chi connectivity index (χ4v) is 2.17. The Hall–Kier alpha value is -1.40. The minimum atomic E-state index is -0.271. The SMILES string of the molecule is Nc1nc(Cl)cc(NCCc2ccc(F)c(Br)c2)n1. The first-order valence-corrected chi connectivity index (χ1v) is 6.69. The number of benzene rings is 1. The first kappa shape index (κ1) is 14.0. The zero-order valence-electron chi connectivity index (χ0n) is 9.83. The van der Waals surface area contributed by atoms with Crippen molar-refractivity contribution in [1.82, 2.24) is 9.97 Å². The quantitative estimate of drug-likeness (QED) is 0.835. The summed E-state index contributed by atoms with van der Waals surface area (Å²) in [6.45, 7) is 0.630. The predicted octanol–water partition coefficient (Wildman–Crippen LogP) is 3.27. The molecule has 19 heavy (non-hydrogen) atoms. The predicted molar refractivity (Wildman–Crippen MR) is 77.7 cm³/mol. The van der Waals surface area contributed by atoms with E-state index >= 15 is 0 Å². The van der Waals surface area contributed by atoms with Gasteiger partial charge in [-0.25, -0.2) is 9.37 Å². The number of rotatable bonds is 4. The highest BCUT2D eigenvalue weighted by Gasteiger charge is 2.02. The Morgan fingerprint density at radius 3 is 2.79 bits per heavy atom. The smallest absolute Gasteiger partial charge is 0.223 e. The maximum atomic E-state index is 13.1. The molecular formula is C12H11BrClFN4. The fourth-order valence-electron chi connectivity index (χ4n) is 1.56. The molecule has 7 heteroatoms. The molecule has 0 aliphatic rings. The summed E-state index contributed by atoms with van der Waals surface area (Å²) >= 11 is 8.92. The molecule has 3 N–H and O–H groups in total. The number of nitrogens with one attached hydrogen (secondary N) is 1. The molecule has 1 heterocycles. The van der Waals surface area contributed by atoms with Crippen molar-refractivity contribution < 1.29 is 4.39 Å². The van der Waals surface area contributed by atoms with Gasteiger partial charge in [0.1, 0.15) is 16.8 Å². The van der Waals surface area contributed by atoms with Gasteiger partial charge in [0.05, 0.1) is 4.47 Å². The third-order valence-corrected chi connectivity index (χ3v) is 3.22. The Bertz CT molecular complexity index is 574. The van der Waals surface area contributed by atoms with Crippen LogP contribution in [0.5, 0.6) is 0 Å². The van der Waals surface area contributed by atoms with Gasteiger partial charge in [0, 0.05) is 12.6 Å². The van der Waals surface area contributed by atoms with Gasteiger partial charge >= 0.3 is 0 Å². The van der Waals surface area contributed by atoms with Crippen molar-refractivity contribution in [1.29, 1.82) is 0 Å². The zero-order valence-corrected chi connectivity index (χ0v) is 12.2. The molecule has 0 saturated heterocycles. The number of aromatic nitrogens is 2. The summed E-state index contributed by atoms with van der Waals surface area (Å²) in [5.41, 5.74) is 6.49. The monoisotopic (exact) mass is 344 g/mol. The Balaban J connectivity index is 1.94. The van der Waals surface area contributed by atoms with Gasteiger partial charge < -0.3 is 11.1 Å². The van der Waals surface area contributed by atoms with E-state index in [9.17, 15) is 4.39 Å². The van der Waals surface area contributed by atoms with Crippen molar-refractivity contribution in [2.75, 3.05) is 17.6 Å².